The number of ether oxygens (including phenoxy) is 12. The van der Waals surface area contributed by atoms with Gasteiger partial charge in [0.2, 0.25) is 11.8 Å². The van der Waals surface area contributed by atoms with Crippen LogP contribution in [0.2, 0.25) is 0 Å². The molecule has 2 amide bonds. The van der Waals surface area contributed by atoms with E-state index in [4.69, 9.17) is 67.1 Å². The smallest absolute Gasteiger partial charge is 0.303 e. The third-order valence-corrected chi connectivity index (χ3v) is 9.36. The zero-order chi connectivity index (χ0) is 48.8. The van der Waals surface area contributed by atoms with Gasteiger partial charge in [-0.15, -0.1) is 0 Å². The first-order valence-corrected chi connectivity index (χ1v) is 24.2. The Morgan fingerprint density at radius 1 is 0.343 bits per heavy atom. The molecule has 0 fully saturated rings. The Labute approximate surface area is 398 Å². The summed E-state index contributed by atoms with van der Waals surface area (Å²) in [4.78, 5) is 55.8. The molecule has 0 saturated heterocycles. The standard InChI is InChI=1S/C46H86N2O19/c49-41-42(13-14-46(54)55)48-44(51)15-17-56-19-21-58-23-25-60-27-29-62-31-33-64-35-37-66-39-40-67-38-36-65-34-32-63-30-28-61-26-24-59-22-20-57-18-16-47-43(50)11-9-7-5-3-1-2-4-6-8-10-12-45(52)53/h41-42H,1-40H2,(H,47,50)(H,48,51)(H,52,53)(H,54,55)/t42-/m0/s1. The Bertz CT molecular complexity index is 1130. The molecule has 0 aromatic heterocycles. The molecular formula is C46H86N2O19. The number of carbonyl (C=O) groups excluding carboxylic acids is 3. The van der Waals surface area contributed by atoms with Crippen LogP contribution in [0.25, 0.3) is 0 Å². The molecule has 394 valence electrons. The average Bonchev–Trinajstić information content (AvgIpc) is 3.31. The molecule has 21 nitrogen and oxygen atoms in total. The molecular weight excluding hydrogens is 885 g/mol. The van der Waals surface area contributed by atoms with E-state index in [1.54, 1.807) is 0 Å². The molecule has 0 unspecified atom stereocenters. The lowest BCUT2D eigenvalue weighted by Crippen LogP contribution is -2.36. The van der Waals surface area contributed by atoms with Gasteiger partial charge in [0.05, 0.1) is 165 Å². The van der Waals surface area contributed by atoms with E-state index in [0.29, 0.717) is 171 Å². The number of aliphatic carboxylic acids is 2. The molecule has 4 N–H and O–H groups in total. The van der Waals surface area contributed by atoms with Crippen molar-refractivity contribution in [2.45, 2.75) is 102 Å². The molecule has 0 heterocycles. The lowest BCUT2D eigenvalue weighted by Gasteiger charge is -2.11. The van der Waals surface area contributed by atoms with Gasteiger partial charge in [-0.25, -0.2) is 0 Å². The Hall–Kier alpha value is -2.93. The molecule has 21 heteroatoms. The van der Waals surface area contributed by atoms with E-state index >= 15 is 0 Å². The maximum absolute atomic E-state index is 12.0. The summed E-state index contributed by atoms with van der Waals surface area (Å²) in [5.41, 5.74) is 0. The molecule has 1 atom stereocenters. The van der Waals surface area contributed by atoms with Crippen LogP contribution in [-0.2, 0) is 80.8 Å². The number of carboxylic acid groups (broad SMARTS) is 2. The number of aldehydes is 1. The maximum atomic E-state index is 12.0. The van der Waals surface area contributed by atoms with E-state index in [1.165, 1.54) is 25.7 Å². The number of carbonyl (C=O) groups is 5. The third kappa shape index (κ3) is 55.6. The molecule has 0 saturated carbocycles. The highest BCUT2D eigenvalue weighted by molar-refractivity contribution is 5.80. The van der Waals surface area contributed by atoms with E-state index in [1.807, 2.05) is 0 Å². The highest BCUT2D eigenvalue weighted by Gasteiger charge is 2.13. The van der Waals surface area contributed by atoms with Crippen LogP contribution in [0, 0.1) is 0 Å². The summed E-state index contributed by atoms with van der Waals surface area (Å²) >= 11 is 0. The fourth-order valence-corrected chi connectivity index (χ4v) is 5.75. The van der Waals surface area contributed by atoms with Crippen molar-refractivity contribution in [1.82, 2.24) is 10.6 Å². The van der Waals surface area contributed by atoms with Gasteiger partial charge in [0, 0.05) is 32.2 Å². The van der Waals surface area contributed by atoms with Crippen molar-refractivity contribution in [1.29, 1.82) is 0 Å². The predicted octanol–water partition coefficient (Wildman–Crippen LogP) is 3.01. The highest BCUT2D eigenvalue weighted by atomic mass is 16.6. The van der Waals surface area contributed by atoms with Crippen LogP contribution < -0.4 is 10.6 Å². The zero-order valence-electron chi connectivity index (χ0n) is 40.3. The lowest BCUT2D eigenvalue weighted by molar-refractivity contribution is -0.138. The monoisotopic (exact) mass is 971 g/mol. The van der Waals surface area contributed by atoms with Crippen molar-refractivity contribution < 1.29 is 91.0 Å². The fourth-order valence-electron chi connectivity index (χ4n) is 5.75. The van der Waals surface area contributed by atoms with Gasteiger partial charge < -0.3 is 82.5 Å². The lowest BCUT2D eigenvalue weighted by atomic mass is 10.1. The molecule has 0 aromatic rings. The van der Waals surface area contributed by atoms with Gasteiger partial charge in [-0.2, -0.15) is 0 Å². The minimum absolute atomic E-state index is 0.0485. The molecule has 0 aliphatic rings. The molecule has 0 aliphatic heterocycles. The van der Waals surface area contributed by atoms with Crippen LogP contribution in [-0.4, -0.2) is 211 Å². The summed E-state index contributed by atoms with van der Waals surface area (Å²) in [6, 6.07) is -0.818. The maximum Gasteiger partial charge on any atom is 0.303 e. The number of unbranched alkanes of at least 4 members (excludes halogenated alkanes) is 9. The summed E-state index contributed by atoms with van der Waals surface area (Å²) in [6.07, 6.45) is 12.0. The van der Waals surface area contributed by atoms with Crippen molar-refractivity contribution in [2.24, 2.45) is 0 Å². The number of nitrogens with one attached hydrogen (secondary N) is 2. The van der Waals surface area contributed by atoms with Crippen molar-refractivity contribution in [3.05, 3.63) is 0 Å². The molecule has 0 aliphatic carbocycles. The number of hydrogen-bond donors (Lipinski definition) is 4. The van der Waals surface area contributed by atoms with E-state index in [-0.39, 0.29) is 44.1 Å². The molecule has 0 radical (unpaired) electrons. The first-order chi connectivity index (χ1) is 32.8. The van der Waals surface area contributed by atoms with Gasteiger partial charge in [-0.1, -0.05) is 51.4 Å². The van der Waals surface area contributed by atoms with Crippen LogP contribution in [0.5, 0.6) is 0 Å². The SMILES string of the molecule is O=C[C@H](CCC(=O)O)NC(=O)CCOCCOCCOCCOCCOCCOCCOCCOCCOCCOCCOCCOCCNC(=O)CCCCCCCCCCCCC(=O)O. The van der Waals surface area contributed by atoms with Crippen molar-refractivity contribution in [2.75, 3.05) is 165 Å². The Morgan fingerprint density at radius 2 is 0.627 bits per heavy atom. The summed E-state index contributed by atoms with van der Waals surface area (Å²) in [5.74, 6) is -2.05. The first-order valence-electron chi connectivity index (χ1n) is 24.2. The van der Waals surface area contributed by atoms with Crippen LogP contribution in [0.15, 0.2) is 0 Å². The topological polar surface area (TPSA) is 261 Å². The van der Waals surface area contributed by atoms with E-state index in [2.05, 4.69) is 10.6 Å². The molecule has 0 aromatic carbocycles. The highest BCUT2D eigenvalue weighted by Crippen LogP contribution is 2.12. The van der Waals surface area contributed by atoms with Gasteiger partial charge >= 0.3 is 11.9 Å². The predicted molar refractivity (Wildman–Crippen MR) is 245 cm³/mol. The number of rotatable bonds is 57. The van der Waals surface area contributed by atoms with Crippen LogP contribution >= 0.6 is 0 Å². The van der Waals surface area contributed by atoms with Crippen LogP contribution in [0.4, 0.5) is 0 Å². The molecule has 0 spiro atoms. The fraction of sp³-hybridized carbons (Fsp3) is 0.891. The third-order valence-electron chi connectivity index (χ3n) is 9.36. The average molecular weight is 971 g/mol. The van der Waals surface area contributed by atoms with Crippen molar-refractivity contribution in [3.8, 4) is 0 Å². The van der Waals surface area contributed by atoms with Crippen molar-refractivity contribution >= 4 is 30.0 Å². The Kier molecular flexibility index (Phi) is 51.7. The van der Waals surface area contributed by atoms with E-state index < -0.39 is 18.0 Å². The molecule has 67 heavy (non-hydrogen) atoms. The quantitative estimate of drug-likeness (QED) is 0.0504. The summed E-state index contributed by atoms with van der Waals surface area (Å²) in [7, 11) is 0. The second kappa shape index (κ2) is 54.0. The number of carboxylic acids is 2. The summed E-state index contributed by atoms with van der Waals surface area (Å²) in [5, 5.41) is 22.7. The second-order valence-electron chi connectivity index (χ2n) is 15.1. The normalized spacial score (nSPS) is 11.8. The van der Waals surface area contributed by atoms with Crippen LogP contribution in [0.3, 0.4) is 0 Å². The molecule has 0 bridgehead atoms. The number of hydrogen-bond acceptors (Lipinski definition) is 17. The van der Waals surface area contributed by atoms with Gasteiger partial charge in [-0.05, 0) is 19.3 Å². The summed E-state index contributed by atoms with van der Waals surface area (Å²) < 4.78 is 65.6. The second-order valence-corrected chi connectivity index (χ2v) is 15.1. The van der Waals surface area contributed by atoms with Gasteiger partial charge in [0.1, 0.15) is 6.29 Å². The largest absolute Gasteiger partial charge is 0.481 e. The Morgan fingerprint density at radius 3 is 0.940 bits per heavy atom. The van der Waals surface area contributed by atoms with E-state index in [9.17, 15) is 24.0 Å². The minimum Gasteiger partial charge on any atom is -0.481 e. The first kappa shape index (κ1) is 64.1. The van der Waals surface area contributed by atoms with Gasteiger partial charge in [-0.3, -0.25) is 19.2 Å². The van der Waals surface area contributed by atoms with Crippen LogP contribution in [0.1, 0.15) is 96.3 Å². The van der Waals surface area contributed by atoms with Crippen molar-refractivity contribution in [3.63, 3.8) is 0 Å². The molecule has 0 rings (SSSR count). The van der Waals surface area contributed by atoms with Gasteiger partial charge in [0.15, 0.2) is 0 Å². The summed E-state index contributed by atoms with van der Waals surface area (Å²) in [6.45, 7) is 10.8. The zero-order valence-corrected chi connectivity index (χ0v) is 40.3. The number of amides is 2. The minimum atomic E-state index is -1.03. The van der Waals surface area contributed by atoms with E-state index in [0.717, 1.165) is 38.5 Å². The van der Waals surface area contributed by atoms with Gasteiger partial charge in [0.25, 0.3) is 0 Å². The Balaban J connectivity index is 3.19.